The standard InChI is InChI=1S/C25H23NO4/c27-24(14-18-8-3-1-4-9-18)26-16-20-12-7-13-23(21(20)15-22(26)25(28)29)30-17-19-10-5-2-6-11-19/h1-13,22H,14-17H2,(H,28,29)/t22-/m1/s1. The van der Waals surface area contributed by atoms with E-state index in [1.54, 1.807) is 0 Å². The summed E-state index contributed by atoms with van der Waals surface area (Å²) in [6.45, 7) is 0.673. The Kier molecular flexibility index (Phi) is 5.80. The number of rotatable bonds is 6. The maximum Gasteiger partial charge on any atom is 0.326 e. The molecule has 1 amide bonds. The van der Waals surface area contributed by atoms with Gasteiger partial charge in [-0.25, -0.2) is 4.79 Å². The van der Waals surface area contributed by atoms with Gasteiger partial charge in [0, 0.05) is 18.5 Å². The Morgan fingerprint density at radius 1 is 0.900 bits per heavy atom. The van der Waals surface area contributed by atoms with Gasteiger partial charge in [0.2, 0.25) is 5.91 Å². The molecule has 4 rings (SSSR count). The minimum Gasteiger partial charge on any atom is -0.489 e. The first kappa shape index (κ1) is 19.7. The number of benzene rings is 3. The van der Waals surface area contributed by atoms with Crippen LogP contribution in [0.25, 0.3) is 0 Å². The zero-order valence-electron chi connectivity index (χ0n) is 16.5. The summed E-state index contributed by atoms with van der Waals surface area (Å²) in [7, 11) is 0. The topological polar surface area (TPSA) is 66.8 Å². The van der Waals surface area contributed by atoms with Gasteiger partial charge in [-0.2, -0.15) is 0 Å². The molecule has 1 aliphatic heterocycles. The van der Waals surface area contributed by atoms with E-state index in [9.17, 15) is 14.7 Å². The van der Waals surface area contributed by atoms with Gasteiger partial charge in [0.1, 0.15) is 18.4 Å². The Morgan fingerprint density at radius 3 is 2.23 bits per heavy atom. The predicted molar refractivity (Wildman–Crippen MR) is 113 cm³/mol. The van der Waals surface area contributed by atoms with Crippen molar-refractivity contribution in [3.63, 3.8) is 0 Å². The summed E-state index contributed by atoms with van der Waals surface area (Å²) in [6, 6.07) is 24.0. The first-order valence-corrected chi connectivity index (χ1v) is 9.95. The van der Waals surface area contributed by atoms with Gasteiger partial charge in [0.25, 0.3) is 0 Å². The van der Waals surface area contributed by atoms with E-state index in [4.69, 9.17) is 4.74 Å². The molecule has 0 fully saturated rings. The molecule has 152 valence electrons. The van der Waals surface area contributed by atoms with Crippen LogP contribution in [-0.2, 0) is 35.6 Å². The second-order valence-electron chi connectivity index (χ2n) is 7.41. The van der Waals surface area contributed by atoms with Crippen molar-refractivity contribution in [3.05, 3.63) is 101 Å². The predicted octanol–water partition coefficient (Wildman–Crippen LogP) is 3.85. The van der Waals surface area contributed by atoms with E-state index in [2.05, 4.69) is 0 Å². The van der Waals surface area contributed by atoms with Crippen LogP contribution in [0.5, 0.6) is 5.75 Å². The molecule has 30 heavy (non-hydrogen) atoms. The first-order valence-electron chi connectivity index (χ1n) is 9.95. The fraction of sp³-hybridized carbons (Fsp3) is 0.200. The number of amides is 1. The van der Waals surface area contributed by atoms with E-state index >= 15 is 0 Å². The van der Waals surface area contributed by atoms with E-state index in [0.717, 1.165) is 22.3 Å². The lowest BCUT2D eigenvalue weighted by atomic mass is 9.92. The summed E-state index contributed by atoms with van der Waals surface area (Å²) in [5.74, 6) is -0.507. The van der Waals surface area contributed by atoms with E-state index < -0.39 is 12.0 Å². The molecule has 1 aliphatic rings. The third-order valence-corrected chi connectivity index (χ3v) is 5.39. The highest BCUT2D eigenvalue weighted by molar-refractivity contribution is 5.86. The van der Waals surface area contributed by atoms with Crippen LogP contribution in [0.4, 0.5) is 0 Å². The highest BCUT2D eigenvalue weighted by Gasteiger charge is 2.35. The Morgan fingerprint density at radius 2 is 1.57 bits per heavy atom. The molecule has 5 heteroatoms. The van der Waals surface area contributed by atoms with Crippen LogP contribution in [0, 0.1) is 0 Å². The van der Waals surface area contributed by atoms with Gasteiger partial charge in [-0.05, 0) is 22.8 Å². The number of carboxylic acids is 1. The van der Waals surface area contributed by atoms with Crippen molar-refractivity contribution in [3.8, 4) is 5.75 Å². The van der Waals surface area contributed by atoms with Gasteiger partial charge in [-0.1, -0.05) is 72.8 Å². The minimum absolute atomic E-state index is 0.185. The van der Waals surface area contributed by atoms with E-state index in [0.29, 0.717) is 12.4 Å². The van der Waals surface area contributed by atoms with Crippen molar-refractivity contribution in [1.29, 1.82) is 0 Å². The van der Waals surface area contributed by atoms with Crippen LogP contribution in [0.15, 0.2) is 78.9 Å². The molecule has 0 unspecified atom stereocenters. The van der Waals surface area contributed by atoms with Crippen LogP contribution < -0.4 is 4.74 Å². The monoisotopic (exact) mass is 401 g/mol. The fourth-order valence-corrected chi connectivity index (χ4v) is 3.81. The Hall–Kier alpha value is -3.60. The van der Waals surface area contributed by atoms with Crippen molar-refractivity contribution < 1.29 is 19.4 Å². The molecule has 0 radical (unpaired) electrons. The molecule has 1 N–H and O–H groups in total. The number of carbonyl (C=O) groups is 2. The molecule has 0 bridgehead atoms. The van der Waals surface area contributed by atoms with Crippen molar-refractivity contribution in [1.82, 2.24) is 4.90 Å². The number of ether oxygens (including phenoxy) is 1. The SMILES string of the molecule is O=C(O)[C@H]1Cc2c(cccc2OCc2ccccc2)CN1C(=O)Cc1ccccc1. The van der Waals surface area contributed by atoms with Gasteiger partial charge >= 0.3 is 5.97 Å². The van der Waals surface area contributed by atoms with Crippen LogP contribution in [-0.4, -0.2) is 27.9 Å². The quantitative estimate of drug-likeness (QED) is 0.681. The molecule has 0 aromatic heterocycles. The number of hydrogen-bond donors (Lipinski definition) is 1. The molecule has 0 aliphatic carbocycles. The number of nitrogens with zero attached hydrogens (tertiary/aromatic N) is 1. The molecule has 5 nitrogen and oxygen atoms in total. The van der Waals surface area contributed by atoms with Crippen LogP contribution in [0.3, 0.4) is 0 Å². The van der Waals surface area contributed by atoms with Crippen LogP contribution in [0.2, 0.25) is 0 Å². The second kappa shape index (κ2) is 8.82. The smallest absolute Gasteiger partial charge is 0.326 e. The average Bonchev–Trinajstić information content (AvgIpc) is 2.78. The number of carbonyl (C=O) groups excluding carboxylic acids is 1. The molecule has 3 aromatic rings. The van der Waals surface area contributed by atoms with Crippen LogP contribution in [0.1, 0.15) is 22.3 Å². The molecule has 0 saturated carbocycles. The zero-order chi connectivity index (χ0) is 20.9. The molecular weight excluding hydrogens is 378 g/mol. The first-order chi connectivity index (χ1) is 14.6. The third-order valence-electron chi connectivity index (χ3n) is 5.39. The van der Waals surface area contributed by atoms with Gasteiger partial charge in [0.15, 0.2) is 0 Å². The van der Waals surface area contributed by atoms with E-state index in [1.165, 1.54) is 4.90 Å². The lowest BCUT2D eigenvalue weighted by Gasteiger charge is -2.35. The van der Waals surface area contributed by atoms with Gasteiger partial charge in [-0.3, -0.25) is 4.79 Å². The molecule has 1 heterocycles. The lowest BCUT2D eigenvalue weighted by Crippen LogP contribution is -2.49. The summed E-state index contributed by atoms with van der Waals surface area (Å²) in [4.78, 5) is 26.4. The van der Waals surface area contributed by atoms with Crippen molar-refractivity contribution in [2.75, 3.05) is 0 Å². The Bertz CT molecular complexity index is 1030. The van der Waals surface area contributed by atoms with Crippen LogP contribution >= 0.6 is 0 Å². The zero-order valence-corrected chi connectivity index (χ0v) is 16.5. The number of hydrogen-bond acceptors (Lipinski definition) is 3. The van der Waals surface area contributed by atoms with E-state index in [1.807, 2.05) is 78.9 Å². The highest BCUT2D eigenvalue weighted by atomic mass is 16.5. The summed E-state index contributed by atoms with van der Waals surface area (Å²) in [5.41, 5.74) is 3.71. The van der Waals surface area contributed by atoms with E-state index in [-0.39, 0.29) is 25.3 Å². The molecule has 1 atom stereocenters. The third kappa shape index (κ3) is 4.35. The maximum atomic E-state index is 12.9. The normalized spacial score (nSPS) is 15.3. The fourth-order valence-electron chi connectivity index (χ4n) is 3.81. The molecular formula is C25H23NO4. The largest absolute Gasteiger partial charge is 0.489 e. The maximum absolute atomic E-state index is 12.9. The van der Waals surface area contributed by atoms with Gasteiger partial charge < -0.3 is 14.7 Å². The molecule has 3 aromatic carbocycles. The molecule has 0 saturated heterocycles. The Balaban J connectivity index is 1.55. The van der Waals surface area contributed by atoms with Gasteiger partial charge in [0.05, 0.1) is 6.42 Å². The van der Waals surface area contributed by atoms with Gasteiger partial charge in [-0.15, -0.1) is 0 Å². The second-order valence-corrected chi connectivity index (χ2v) is 7.41. The summed E-state index contributed by atoms with van der Waals surface area (Å²) in [6.07, 6.45) is 0.417. The highest BCUT2D eigenvalue weighted by Crippen LogP contribution is 2.32. The van der Waals surface area contributed by atoms with Crippen molar-refractivity contribution >= 4 is 11.9 Å². The minimum atomic E-state index is -1.00. The summed E-state index contributed by atoms with van der Waals surface area (Å²) < 4.78 is 6.01. The number of fused-ring (bicyclic) bond motifs is 1. The molecule has 0 spiro atoms. The lowest BCUT2D eigenvalue weighted by molar-refractivity contribution is -0.151. The summed E-state index contributed by atoms with van der Waals surface area (Å²) >= 11 is 0. The number of carboxylic acid groups (broad SMARTS) is 1. The average molecular weight is 401 g/mol. The van der Waals surface area contributed by atoms with Crippen molar-refractivity contribution in [2.24, 2.45) is 0 Å². The summed E-state index contributed by atoms with van der Waals surface area (Å²) in [5, 5.41) is 9.81. The Labute approximate surface area is 175 Å². The number of aliphatic carboxylic acids is 1. The van der Waals surface area contributed by atoms with Crippen molar-refractivity contribution in [2.45, 2.75) is 32.0 Å².